The molecule has 0 fully saturated rings. The van der Waals surface area contributed by atoms with Crippen LogP contribution in [0.1, 0.15) is 13.3 Å². The average Bonchev–Trinajstić information content (AvgIpc) is 2.44. The first-order valence-corrected chi connectivity index (χ1v) is 5.71. The highest BCUT2D eigenvalue weighted by atomic mass is 127. The van der Waals surface area contributed by atoms with E-state index in [4.69, 9.17) is 5.73 Å². The Morgan fingerprint density at radius 1 is 1.50 bits per heavy atom. The molecule has 0 aliphatic heterocycles. The zero-order valence-corrected chi connectivity index (χ0v) is 10.2. The van der Waals surface area contributed by atoms with Crippen molar-refractivity contribution in [2.75, 3.05) is 5.73 Å². The van der Waals surface area contributed by atoms with Crippen LogP contribution in [-0.4, -0.2) is 9.78 Å². The van der Waals surface area contributed by atoms with E-state index in [0.29, 0.717) is 5.82 Å². The molecule has 1 heterocycles. The van der Waals surface area contributed by atoms with Crippen molar-refractivity contribution in [2.45, 2.75) is 19.9 Å². The van der Waals surface area contributed by atoms with Crippen molar-refractivity contribution >= 4 is 39.3 Å². The van der Waals surface area contributed by atoms with Gasteiger partial charge in [-0.1, -0.05) is 6.92 Å². The Balaban J connectivity index is 2.65. The molecule has 14 heavy (non-hydrogen) atoms. The lowest BCUT2D eigenvalue weighted by atomic mass is 10.2. The highest BCUT2D eigenvalue weighted by Crippen LogP contribution is 2.22. The van der Waals surface area contributed by atoms with Crippen molar-refractivity contribution < 1.29 is 0 Å². The summed E-state index contributed by atoms with van der Waals surface area (Å²) in [6.45, 7) is 3.06. The highest BCUT2D eigenvalue weighted by molar-refractivity contribution is 14.1. The van der Waals surface area contributed by atoms with Gasteiger partial charge in [-0.25, -0.2) is 0 Å². The average molecular weight is 301 g/mol. The van der Waals surface area contributed by atoms with E-state index in [0.717, 1.165) is 23.9 Å². The second kappa shape index (κ2) is 3.76. The summed E-state index contributed by atoms with van der Waals surface area (Å²) in [5.41, 5.74) is 6.97. The molecule has 0 saturated carbocycles. The van der Waals surface area contributed by atoms with Crippen molar-refractivity contribution in [3.8, 4) is 0 Å². The van der Waals surface area contributed by atoms with Crippen LogP contribution < -0.4 is 5.73 Å². The fourth-order valence-electron chi connectivity index (χ4n) is 1.56. The Kier molecular flexibility index (Phi) is 2.62. The van der Waals surface area contributed by atoms with E-state index in [1.165, 1.54) is 3.57 Å². The Labute approximate surface area is 96.4 Å². The first-order chi connectivity index (χ1) is 6.72. The maximum absolute atomic E-state index is 5.84. The zero-order chi connectivity index (χ0) is 10.1. The van der Waals surface area contributed by atoms with E-state index in [1.807, 2.05) is 4.68 Å². The molecule has 2 aromatic rings. The molecule has 3 nitrogen and oxygen atoms in total. The quantitative estimate of drug-likeness (QED) is 0.867. The van der Waals surface area contributed by atoms with Gasteiger partial charge < -0.3 is 5.73 Å². The molecule has 74 valence electrons. The standard InChI is InChI=1S/C10H12IN3/c1-2-5-14-9-4-3-7(11)6-8(9)10(12)13-14/h3-4,6H,2,5H2,1H3,(H2,12,13). The zero-order valence-electron chi connectivity index (χ0n) is 8.00. The van der Waals surface area contributed by atoms with Crippen molar-refractivity contribution in [1.82, 2.24) is 9.78 Å². The second-order valence-electron chi connectivity index (χ2n) is 3.27. The van der Waals surface area contributed by atoms with Crippen molar-refractivity contribution in [2.24, 2.45) is 0 Å². The van der Waals surface area contributed by atoms with E-state index in [2.05, 4.69) is 52.8 Å². The number of hydrogen-bond donors (Lipinski definition) is 1. The summed E-state index contributed by atoms with van der Waals surface area (Å²) in [6.07, 6.45) is 1.07. The van der Waals surface area contributed by atoms with Gasteiger partial charge in [0.15, 0.2) is 5.82 Å². The van der Waals surface area contributed by atoms with Gasteiger partial charge in [0.2, 0.25) is 0 Å². The van der Waals surface area contributed by atoms with Gasteiger partial charge in [-0.05, 0) is 47.2 Å². The van der Waals surface area contributed by atoms with E-state index in [-0.39, 0.29) is 0 Å². The first-order valence-electron chi connectivity index (χ1n) is 4.64. The third kappa shape index (κ3) is 1.58. The predicted molar refractivity (Wildman–Crippen MR) is 67.2 cm³/mol. The first kappa shape index (κ1) is 9.76. The molecule has 2 N–H and O–H groups in total. The summed E-state index contributed by atoms with van der Waals surface area (Å²) in [5, 5.41) is 5.37. The molecule has 0 aliphatic carbocycles. The Hall–Kier alpha value is -0.780. The monoisotopic (exact) mass is 301 g/mol. The van der Waals surface area contributed by atoms with Crippen LogP contribution in [0.2, 0.25) is 0 Å². The molecule has 0 atom stereocenters. The van der Waals surface area contributed by atoms with E-state index < -0.39 is 0 Å². The number of fused-ring (bicyclic) bond motifs is 1. The summed E-state index contributed by atoms with van der Waals surface area (Å²) in [4.78, 5) is 0. The van der Waals surface area contributed by atoms with Gasteiger partial charge in [-0.2, -0.15) is 5.10 Å². The van der Waals surface area contributed by atoms with Gasteiger partial charge in [0.05, 0.1) is 5.52 Å². The largest absolute Gasteiger partial charge is 0.382 e. The smallest absolute Gasteiger partial charge is 0.153 e. The lowest BCUT2D eigenvalue weighted by molar-refractivity contribution is 0.625. The van der Waals surface area contributed by atoms with Crippen LogP contribution in [0.4, 0.5) is 5.82 Å². The number of aryl methyl sites for hydroxylation is 1. The van der Waals surface area contributed by atoms with Gasteiger partial charge in [0.1, 0.15) is 0 Å². The molecule has 0 unspecified atom stereocenters. The van der Waals surface area contributed by atoms with Crippen LogP contribution in [-0.2, 0) is 6.54 Å². The van der Waals surface area contributed by atoms with Gasteiger partial charge in [0.25, 0.3) is 0 Å². The van der Waals surface area contributed by atoms with Crippen LogP contribution in [0.25, 0.3) is 10.9 Å². The molecule has 2 rings (SSSR count). The van der Waals surface area contributed by atoms with E-state index in [9.17, 15) is 0 Å². The number of aromatic nitrogens is 2. The minimum Gasteiger partial charge on any atom is -0.382 e. The number of halogens is 1. The summed E-state index contributed by atoms with van der Waals surface area (Å²) in [7, 11) is 0. The fraction of sp³-hybridized carbons (Fsp3) is 0.300. The van der Waals surface area contributed by atoms with Crippen molar-refractivity contribution in [3.63, 3.8) is 0 Å². The SMILES string of the molecule is CCCn1nc(N)c2cc(I)ccc21. The normalized spacial score (nSPS) is 11.0. The molecule has 0 amide bonds. The third-order valence-electron chi connectivity index (χ3n) is 2.18. The summed E-state index contributed by atoms with van der Waals surface area (Å²) >= 11 is 2.28. The van der Waals surface area contributed by atoms with Crippen molar-refractivity contribution in [3.05, 3.63) is 21.8 Å². The second-order valence-corrected chi connectivity index (χ2v) is 4.52. The summed E-state index contributed by atoms with van der Waals surface area (Å²) in [6, 6.07) is 6.23. The lowest BCUT2D eigenvalue weighted by Gasteiger charge is -1.99. The number of nitrogens with zero attached hydrogens (tertiary/aromatic N) is 2. The van der Waals surface area contributed by atoms with Crippen molar-refractivity contribution in [1.29, 1.82) is 0 Å². The number of benzene rings is 1. The number of nitrogen functional groups attached to an aromatic ring is 1. The maximum atomic E-state index is 5.84. The minimum atomic E-state index is 0.631. The van der Waals surface area contributed by atoms with E-state index in [1.54, 1.807) is 0 Å². The maximum Gasteiger partial charge on any atom is 0.153 e. The van der Waals surface area contributed by atoms with Gasteiger partial charge in [-0.15, -0.1) is 0 Å². The van der Waals surface area contributed by atoms with Gasteiger partial charge in [-0.3, -0.25) is 4.68 Å². The Morgan fingerprint density at radius 2 is 2.29 bits per heavy atom. The van der Waals surface area contributed by atoms with Crippen LogP contribution in [0, 0.1) is 3.57 Å². The summed E-state index contributed by atoms with van der Waals surface area (Å²) < 4.78 is 3.17. The number of anilines is 1. The lowest BCUT2D eigenvalue weighted by Crippen LogP contribution is -1.99. The number of nitrogens with two attached hydrogens (primary N) is 1. The minimum absolute atomic E-state index is 0.631. The molecule has 4 heteroatoms. The molecule has 0 saturated heterocycles. The summed E-state index contributed by atoms with van der Waals surface area (Å²) in [5.74, 6) is 0.631. The molecule has 0 bridgehead atoms. The van der Waals surface area contributed by atoms with Gasteiger partial charge >= 0.3 is 0 Å². The molecule has 1 aromatic heterocycles. The molecular formula is C10H12IN3. The highest BCUT2D eigenvalue weighted by Gasteiger charge is 2.06. The van der Waals surface area contributed by atoms with Crippen LogP contribution in [0.15, 0.2) is 18.2 Å². The number of hydrogen-bond acceptors (Lipinski definition) is 2. The third-order valence-corrected chi connectivity index (χ3v) is 2.85. The van der Waals surface area contributed by atoms with Crippen LogP contribution >= 0.6 is 22.6 Å². The van der Waals surface area contributed by atoms with Crippen LogP contribution in [0.3, 0.4) is 0 Å². The molecule has 1 aromatic carbocycles. The fourth-order valence-corrected chi connectivity index (χ4v) is 2.05. The predicted octanol–water partition coefficient (Wildman–Crippen LogP) is 2.63. The molecule has 0 aliphatic rings. The number of rotatable bonds is 2. The molecule has 0 spiro atoms. The Morgan fingerprint density at radius 3 is 3.00 bits per heavy atom. The Bertz CT molecular complexity index is 462. The molecular weight excluding hydrogens is 289 g/mol. The van der Waals surface area contributed by atoms with Gasteiger partial charge in [0, 0.05) is 15.5 Å². The van der Waals surface area contributed by atoms with E-state index >= 15 is 0 Å². The van der Waals surface area contributed by atoms with Crippen LogP contribution in [0.5, 0.6) is 0 Å². The molecule has 0 radical (unpaired) electrons. The topological polar surface area (TPSA) is 43.8 Å².